The first-order valence-electron chi connectivity index (χ1n) is 9.55. The molecular weight excluding hydrogens is 444 g/mol. The van der Waals surface area contributed by atoms with E-state index in [0.717, 1.165) is 23.1 Å². The monoisotopic (exact) mass is 459 g/mol. The zero-order valence-electron chi connectivity index (χ0n) is 16.6. The minimum atomic E-state index is -1.33. The number of nitrogens with zero attached hydrogens (tertiary/aromatic N) is 1. The number of carbonyl (C=O) groups is 2. The van der Waals surface area contributed by atoms with E-state index in [9.17, 15) is 23.5 Å². The minimum absolute atomic E-state index is 0.0772. The number of furan rings is 1. The van der Waals surface area contributed by atoms with Gasteiger partial charge in [0.25, 0.3) is 11.7 Å². The second-order valence-corrected chi connectivity index (χ2v) is 7.27. The van der Waals surface area contributed by atoms with Gasteiger partial charge < -0.3 is 14.3 Å². The number of benzene rings is 2. The molecule has 1 aromatic heterocycles. The van der Waals surface area contributed by atoms with E-state index in [1.54, 1.807) is 6.92 Å². The first-order valence-corrected chi connectivity index (χ1v) is 9.93. The molecule has 0 bridgehead atoms. The quantitative estimate of drug-likeness (QED) is 0.321. The van der Waals surface area contributed by atoms with Crippen molar-refractivity contribution in [2.24, 2.45) is 0 Å². The lowest BCUT2D eigenvalue weighted by atomic mass is 9.99. The molecule has 0 saturated carbocycles. The molecular formula is C23H16ClF2NO5. The third-order valence-electron chi connectivity index (χ3n) is 4.93. The Kier molecular flexibility index (Phi) is 5.71. The predicted molar refractivity (Wildman–Crippen MR) is 112 cm³/mol. The van der Waals surface area contributed by atoms with E-state index < -0.39 is 40.8 Å². The lowest BCUT2D eigenvalue weighted by Gasteiger charge is -2.23. The summed E-state index contributed by atoms with van der Waals surface area (Å²) in [5.41, 5.74) is -0.663. The molecule has 3 aromatic rings. The van der Waals surface area contributed by atoms with Crippen LogP contribution in [0.1, 0.15) is 24.3 Å². The van der Waals surface area contributed by atoms with Crippen molar-refractivity contribution in [1.82, 2.24) is 0 Å². The zero-order chi connectivity index (χ0) is 23.0. The van der Waals surface area contributed by atoms with Gasteiger partial charge >= 0.3 is 0 Å². The Morgan fingerprint density at radius 3 is 2.66 bits per heavy atom. The van der Waals surface area contributed by atoms with Crippen molar-refractivity contribution in [2.45, 2.75) is 13.0 Å². The van der Waals surface area contributed by atoms with Crippen molar-refractivity contribution in [3.05, 3.63) is 88.3 Å². The molecule has 1 saturated heterocycles. The summed E-state index contributed by atoms with van der Waals surface area (Å²) in [4.78, 5) is 26.6. The molecule has 4 rings (SSSR count). The van der Waals surface area contributed by atoms with E-state index in [-0.39, 0.29) is 27.7 Å². The van der Waals surface area contributed by atoms with Crippen LogP contribution >= 0.6 is 11.6 Å². The first kappa shape index (κ1) is 21.6. The summed E-state index contributed by atoms with van der Waals surface area (Å²) >= 11 is 6.09. The SMILES string of the molecule is CCOc1cc(/C(O)=C2/C(=O)C(=O)N(c3cc(F)ccc3F)C2c2ccco2)ccc1Cl. The first-order chi connectivity index (χ1) is 15.3. The van der Waals surface area contributed by atoms with E-state index in [1.807, 2.05) is 0 Å². The van der Waals surface area contributed by atoms with Crippen molar-refractivity contribution >= 4 is 34.7 Å². The van der Waals surface area contributed by atoms with E-state index in [2.05, 4.69) is 0 Å². The van der Waals surface area contributed by atoms with Crippen LogP contribution in [0.2, 0.25) is 5.02 Å². The van der Waals surface area contributed by atoms with Crippen molar-refractivity contribution in [3.8, 4) is 5.75 Å². The number of hydrogen-bond acceptors (Lipinski definition) is 5. The molecule has 1 amide bonds. The van der Waals surface area contributed by atoms with E-state index in [4.69, 9.17) is 20.8 Å². The molecule has 1 aliphatic rings. The number of ketones is 1. The molecule has 9 heteroatoms. The number of aliphatic hydroxyl groups excluding tert-OH is 1. The van der Waals surface area contributed by atoms with Gasteiger partial charge in [0.2, 0.25) is 0 Å². The number of hydrogen-bond donors (Lipinski definition) is 1. The van der Waals surface area contributed by atoms with Gasteiger partial charge in [-0.1, -0.05) is 11.6 Å². The third kappa shape index (κ3) is 3.62. The Labute approximate surface area is 186 Å². The van der Waals surface area contributed by atoms with Crippen molar-refractivity contribution in [3.63, 3.8) is 0 Å². The molecule has 0 spiro atoms. The maximum absolute atomic E-state index is 14.6. The maximum Gasteiger partial charge on any atom is 0.300 e. The highest BCUT2D eigenvalue weighted by Gasteiger charge is 2.49. The maximum atomic E-state index is 14.6. The molecule has 1 unspecified atom stereocenters. The molecule has 2 heterocycles. The van der Waals surface area contributed by atoms with Crippen LogP contribution in [0.4, 0.5) is 14.5 Å². The Morgan fingerprint density at radius 1 is 1.19 bits per heavy atom. The van der Waals surface area contributed by atoms with Gasteiger partial charge in [-0.15, -0.1) is 0 Å². The van der Waals surface area contributed by atoms with Crippen LogP contribution in [0.3, 0.4) is 0 Å². The lowest BCUT2D eigenvalue weighted by Crippen LogP contribution is -2.30. The van der Waals surface area contributed by atoms with Gasteiger partial charge in [0.05, 0.1) is 29.2 Å². The Bertz CT molecular complexity index is 1240. The predicted octanol–water partition coefficient (Wildman–Crippen LogP) is 5.24. The summed E-state index contributed by atoms with van der Waals surface area (Å²) < 4.78 is 39.2. The second kappa shape index (κ2) is 8.47. The van der Waals surface area contributed by atoms with E-state index in [0.29, 0.717) is 6.61 Å². The highest BCUT2D eigenvalue weighted by Crippen LogP contribution is 2.43. The van der Waals surface area contributed by atoms with Crippen LogP contribution in [0.25, 0.3) is 5.76 Å². The summed E-state index contributed by atoms with van der Waals surface area (Å²) in [7, 11) is 0. The summed E-state index contributed by atoms with van der Waals surface area (Å²) in [6, 6.07) is 8.49. The van der Waals surface area contributed by atoms with Gasteiger partial charge in [0, 0.05) is 11.6 Å². The van der Waals surface area contributed by atoms with Crippen LogP contribution in [0.15, 0.2) is 64.8 Å². The fourth-order valence-corrected chi connectivity index (χ4v) is 3.71. The summed E-state index contributed by atoms with van der Waals surface area (Å²) in [6.45, 7) is 2.05. The highest BCUT2D eigenvalue weighted by molar-refractivity contribution is 6.51. The van der Waals surface area contributed by atoms with Gasteiger partial charge in [-0.25, -0.2) is 8.78 Å². The molecule has 164 valence electrons. The minimum Gasteiger partial charge on any atom is -0.507 e. The summed E-state index contributed by atoms with van der Waals surface area (Å²) in [5.74, 6) is -4.15. The number of amides is 1. The van der Waals surface area contributed by atoms with Crippen LogP contribution in [-0.4, -0.2) is 23.4 Å². The normalized spacial score (nSPS) is 17.8. The highest BCUT2D eigenvalue weighted by atomic mass is 35.5. The largest absolute Gasteiger partial charge is 0.507 e. The van der Waals surface area contributed by atoms with E-state index in [1.165, 1.54) is 36.6 Å². The molecule has 1 aliphatic heterocycles. The van der Waals surface area contributed by atoms with Gasteiger partial charge in [0.1, 0.15) is 34.9 Å². The summed E-state index contributed by atoms with van der Waals surface area (Å²) in [5, 5.41) is 11.3. The van der Waals surface area contributed by atoms with Crippen molar-refractivity contribution in [1.29, 1.82) is 0 Å². The number of rotatable bonds is 5. The lowest BCUT2D eigenvalue weighted by molar-refractivity contribution is -0.132. The van der Waals surface area contributed by atoms with Crippen LogP contribution in [0.5, 0.6) is 5.75 Å². The number of carbonyl (C=O) groups excluding carboxylic acids is 2. The van der Waals surface area contributed by atoms with Crippen molar-refractivity contribution < 1.29 is 32.6 Å². The Balaban J connectivity index is 1.93. The number of anilines is 1. The van der Waals surface area contributed by atoms with Crippen LogP contribution in [-0.2, 0) is 9.59 Å². The molecule has 2 aromatic carbocycles. The molecule has 6 nitrogen and oxygen atoms in total. The topological polar surface area (TPSA) is 80.0 Å². The smallest absolute Gasteiger partial charge is 0.300 e. The third-order valence-corrected chi connectivity index (χ3v) is 5.24. The number of Topliss-reactive ketones (excluding diaryl/α,β-unsaturated/α-hetero) is 1. The average Bonchev–Trinajstić information content (AvgIpc) is 3.38. The van der Waals surface area contributed by atoms with Gasteiger partial charge in [-0.2, -0.15) is 0 Å². The Morgan fingerprint density at radius 2 is 1.97 bits per heavy atom. The van der Waals surface area contributed by atoms with E-state index >= 15 is 0 Å². The number of ether oxygens (including phenoxy) is 1. The fraction of sp³-hybridized carbons (Fsp3) is 0.130. The molecule has 0 radical (unpaired) electrons. The Hall–Kier alpha value is -3.65. The second-order valence-electron chi connectivity index (χ2n) is 6.86. The molecule has 32 heavy (non-hydrogen) atoms. The average molecular weight is 460 g/mol. The molecule has 1 N–H and O–H groups in total. The van der Waals surface area contributed by atoms with Gasteiger partial charge in [-0.3, -0.25) is 14.5 Å². The van der Waals surface area contributed by atoms with Gasteiger partial charge in [-0.05, 0) is 49.4 Å². The van der Waals surface area contributed by atoms with Crippen LogP contribution < -0.4 is 9.64 Å². The van der Waals surface area contributed by atoms with Crippen LogP contribution in [0, 0.1) is 11.6 Å². The number of halogens is 3. The summed E-state index contributed by atoms with van der Waals surface area (Å²) in [6.07, 6.45) is 1.30. The van der Waals surface area contributed by atoms with Crippen molar-refractivity contribution in [2.75, 3.05) is 11.5 Å². The number of aliphatic hydroxyl groups is 1. The fourth-order valence-electron chi connectivity index (χ4n) is 3.54. The molecule has 1 atom stereocenters. The standard InChI is InChI=1S/C23H16ClF2NO5/c1-2-31-18-10-12(5-7-14(18)24)21(28)19-20(17-4-3-9-32-17)27(23(30)22(19)29)16-11-13(25)6-8-15(16)26/h3-11,20,28H,2H2,1H3/b21-19-. The molecule has 1 fully saturated rings. The van der Waals surface area contributed by atoms with Gasteiger partial charge in [0.15, 0.2) is 0 Å². The molecule has 0 aliphatic carbocycles. The zero-order valence-corrected chi connectivity index (χ0v) is 17.4.